The molecular weight excluding hydrogens is 223 g/mol. The van der Waals surface area contributed by atoms with Gasteiger partial charge < -0.3 is 10.1 Å². The Kier molecular flexibility index (Phi) is 2.79. The fraction of sp³-hybridized carbons (Fsp3) is 0.417. The third kappa shape index (κ3) is 2.55. The Labute approximate surface area is 97.7 Å². The molecule has 0 amide bonds. The molecule has 0 unspecified atom stereocenters. The molecule has 17 heavy (non-hydrogen) atoms. The first-order valence-corrected chi connectivity index (χ1v) is 5.47. The lowest BCUT2D eigenvalue weighted by molar-refractivity contribution is 0.0663. The Bertz CT molecular complexity index is 593. The summed E-state index contributed by atoms with van der Waals surface area (Å²) in [6, 6.07) is 4.16. The van der Waals surface area contributed by atoms with Crippen LogP contribution in [0.15, 0.2) is 23.0 Å². The molecule has 0 spiro atoms. The van der Waals surface area contributed by atoms with Gasteiger partial charge in [0.1, 0.15) is 5.82 Å². The van der Waals surface area contributed by atoms with Crippen LogP contribution in [0.25, 0.3) is 11.0 Å². The molecule has 2 aromatic rings. The number of aromatic amines is 1. The van der Waals surface area contributed by atoms with E-state index in [0.29, 0.717) is 24.0 Å². The minimum absolute atomic E-state index is 0.283. The number of hydrogen-bond donors (Lipinski definition) is 2. The highest BCUT2D eigenvalue weighted by atomic mass is 19.1. The van der Waals surface area contributed by atoms with Crippen LogP contribution in [0.3, 0.4) is 0 Å². The van der Waals surface area contributed by atoms with E-state index in [1.165, 1.54) is 22.8 Å². The lowest BCUT2D eigenvalue weighted by atomic mass is 10.1. The van der Waals surface area contributed by atoms with E-state index in [9.17, 15) is 14.3 Å². The van der Waals surface area contributed by atoms with Gasteiger partial charge in [0, 0.05) is 6.54 Å². The zero-order valence-corrected chi connectivity index (χ0v) is 9.83. The van der Waals surface area contributed by atoms with Crippen molar-refractivity contribution in [1.29, 1.82) is 0 Å². The van der Waals surface area contributed by atoms with E-state index >= 15 is 0 Å². The second-order valence-corrected chi connectivity index (χ2v) is 4.81. The standard InChI is InChI=1S/C12H15FN2O2/c1-12(2,17)5-6-15-10-7-8(13)3-4-9(10)14-11(15)16/h3-4,7,17H,5-6H2,1-2H3,(H,14,16). The molecule has 0 radical (unpaired) electrons. The number of hydrogen-bond acceptors (Lipinski definition) is 2. The van der Waals surface area contributed by atoms with Gasteiger partial charge in [-0.1, -0.05) is 0 Å². The summed E-state index contributed by atoms with van der Waals surface area (Å²) in [4.78, 5) is 14.3. The highest BCUT2D eigenvalue weighted by Crippen LogP contribution is 2.14. The Morgan fingerprint density at radius 2 is 2.18 bits per heavy atom. The van der Waals surface area contributed by atoms with E-state index in [-0.39, 0.29) is 11.5 Å². The van der Waals surface area contributed by atoms with Gasteiger partial charge in [-0.3, -0.25) is 4.57 Å². The van der Waals surface area contributed by atoms with Crippen molar-refractivity contribution in [3.05, 3.63) is 34.5 Å². The number of nitrogens with zero attached hydrogens (tertiary/aromatic N) is 1. The lowest BCUT2D eigenvalue weighted by Gasteiger charge is -2.16. The summed E-state index contributed by atoms with van der Waals surface area (Å²) in [6.45, 7) is 3.70. The van der Waals surface area contributed by atoms with Gasteiger partial charge in [0.25, 0.3) is 0 Å². The van der Waals surface area contributed by atoms with Crippen molar-refractivity contribution in [3.63, 3.8) is 0 Å². The normalized spacial score (nSPS) is 12.2. The molecule has 0 saturated heterocycles. The van der Waals surface area contributed by atoms with E-state index in [4.69, 9.17) is 0 Å². The van der Waals surface area contributed by atoms with Crippen LogP contribution in [0.5, 0.6) is 0 Å². The fourth-order valence-corrected chi connectivity index (χ4v) is 1.73. The summed E-state index contributed by atoms with van der Waals surface area (Å²) in [7, 11) is 0. The fourth-order valence-electron chi connectivity index (χ4n) is 1.73. The number of rotatable bonds is 3. The number of aryl methyl sites for hydroxylation is 1. The average molecular weight is 238 g/mol. The third-order valence-corrected chi connectivity index (χ3v) is 2.68. The maximum Gasteiger partial charge on any atom is 0.326 e. The summed E-state index contributed by atoms with van der Waals surface area (Å²) in [5.41, 5.74) is -0.00246. The first-order chi connectivity index (χ1) is 7.87. The van der Waals surface area contributed by atoms with E-state index in [0.717, 1.165) is 0 Å². The van der Waals surface area contributed by atoms with Gasteiger partial charge >= 0.3 is 5.69 Å². The predicted molar refractivity (Wildman–Crippen MR) is 63.4 cm³/mol. The number of H-pyrrole nitrogens is 1. The number of fused-ring (bicyclic) bond motifs is 1. The highest BCUT2D eigenvalue weighted by molar-refractivity contribution is 5.75. The number of aliphatic hydroxyl groups is 1. The van der Waals surface area contributed by atoms with E-state index < -0.39 is 5.60 Å². The van der Waals surface area contributed by atoms with Crippen molar-refractivity contribution in [2.24, 2.45) is 0 Å². The summed E-state index contributed by atoms with van der Waals surface area (Å²) in [6.07, 6.45) is 0.427. The van der Waals surface area contributed by atoms with Gasteiger partial charge in [0.05, 0.1) is 16.6 Å². The molecule has 0 aliphatic rings. The smallest absolute Gasteiger partial charge is 0.326 e. The first-order valence-electron chi connectivity index (χ1n) is 5.47. The maximum absolute atomic E-state index is 13.1. The zero-order chi connectivity index (χ0) is 12.6. The van der Waals surface area contributed by atoms with Crippen LogP contribution in [-0.2, 0) is 6.54 Å². The topological polar surface area (TPSA) is 58.0 Å². The van der Waals surface area contributed by atoms with Gasteiger partial charge in [0.2, 0.25) is 0 Å². The van der Waals surface area contributed by atoms with Crippen LogP contribution in [0.1, 0.15) is 20.3 Å². The summed E-state index contributed by atoms with van der Waals surface area (Å²) in [5, 5.41) is 9.63. The highest BCUT2D eigenvalue weighted by Gasteiger charge is 2.14. The van der Waals surface area contributed by atoms with E-state index in [1.54, 1.807) is 13.8 Å². The van der Waals surface area contributed by atoms with Gasteiger partial charge in [-0.2, -0.15) is 0 Å². The number of nitrogens with one attached hydrogen (secondary N) is 1. The molecule has 4 nitrogen and oxygen atoms in total. The molecule has 2 rings (SSSR count). The molecule has 0 saturated carbocycles. The van der Waals surface area contributed by atoms with Crippen molar-refractivity contribution in [2.75, 3.05) is 0 Å². The quantitative estimate of drug-likeness (QED) is 0.853. The second-order valence-electron chi connectivity index (χ2n) is 4.81. The van der Waals surface area contributed by atoms with Gasteiger partial charge in [0.15, 0.2) is 0 Å². The predicted octanol–water partition coefficient (Wildman–Crippen LogP) is 1.63. The van der Waals surface area contributed by atoms with E-state index in [2.05, 4.69) is 4.98 Å². The monoisotopic (exact) mass is 238 g/mol. The number of halogens is 1. The Morgan fingerprint density at radius 1 is 1.47 bits per heavy atom. The van der Waals surface area contributed by atoms with Crippen LogP contribution < -0.4 is 5.69 Å². The number of imidazole rings is 1. The lowest BCUT2D eigenvalue weighted by Crippen LogP contribution is -2.25. The van der Waals surface area contributed by atoms with Gasteiger partial charge in [-0.15, -0.1) is 0 Å². The molecule has 1 aromatic carbocycles. The van der Waals surface area contributed by atoms with Crippen LogP contribution in [0.4, 0.5) is 4.39 Å². The zero-order valence-electron chi connectivity index (χ0n) is 9.83. The first kappa shape index (κ1) is 11.9. The largest absolute Gasteiger partial charge is 0.390 e. The third-order valence-electron chi connectivity index (χ3n) is 2.68. The minimum Gasteiger partial charge on any atom is -0.390 e. The van der Waals surface area contributed by atoms with Crippen LogP contribution >= 0.6 is 0 Å². The van der Waals surface area contributed by atoms with Crippen molar-refractivity contribution < 1.29 is 9.50 Å². The molecule has 1 heterocycles. The Balaban J connectivity index is 2.42. The van der Waals surface area contributed by atoms with Gasteiger partial charge in [-0.25, -0.2) is 9.18 Å². The van der Waals surface area contributed by atoms with E-state index in [1.807, 2.05) is 0 Å². The molecular formula is C12H15FN2O2. The molecule has 0 aliphatic carbocycles. The maximum atomic E-state index is 13.1. The van der Waals surface area contributed by atoms with Crippen LogP contribution in [-0.4, -0.2) is 20.3 Å². The molecule has 5 heteroatoms. The van der Waals surface area contributed by atoms with Crippen molar-refractivity contribution >= 4 is 11.0 Å². The van der Waals surface area contributed by atoms with Crippen molar-refractivity contribution in [2.45, 2.75) is 32.4 Å². The summed E-state index contributed by atoms with van der Waals surface area (Å²) >= 11 is 0. The average Bonchev–Trinajstić information content (AvgIpc) is 2.49. The molecule has 0 bridgehead atoms. The molecule has 2 N–H and O–H groups in total. The van der Waals surface area contributed by atoms with Gasteiger partial charge in [-0.05, 0) is 38.5 Å². The Morgan fingerprint density at radius 3 is 2.82 bits per heavy atom. The van der Waals surface area contributed by atoms with Crippen molar-refractivity contribution in [3.8, 4) is 0 Å². The molecule has 0 atom stereocenters. The summed E-state index contributed by atoms with van der Waals surface area (Å²) in [5.74, 6) is -0.381. The molecule has 0 aliphatic heterocycles. The number of benzene rings is 1. The van der Waals surface area contributed by atoms with Crippen molar-refractivity contribution in [1.82, 2.24) is 9.55 Å². The van der Waals surface area contributed by atoms with Crippen LogP contribution in [0, 0.1) is 5.82 Å². The second kappa shape index (κ2) is 4.00. The molecule has 92 valence electrons. The Hall–Kier alpha value is -1.62. The SMILES string of the molecule is CC(C)(O)CCn1c(=O)[nH]c2ccc(F)cc21. The summed E-state index contributed by atoms with van der Waals surface area (Å²) < 4.78 is 14.6. The minimum atomic E-state index is -0.851. The molecule has 0 fully saturated rings. The molecule has 1 aromatic heterocycles. The van der Waals surface area contributed by atoms with Crippen LogP contribution in [0.2, 0.25) is 0 Å². The number of aromatic nitrogens is 2.